The maximum atomic E-state index is 10.3. The molecule has 0 bridgehead atoms. The predicted octanol–water partition coefficient (Wildman–Crippen LogP) is 0.725. The van der Waals surface area contributed by atoms with Crippen molar-refractivity contribution in [3.63, 3.8) is 0 Å². The third-order valence-electron chi connectivity index (χ3n) is 1.01. The molecule has 0 heterocycles. The van der Waals surface area contributed by atoms with Crippen LogP contribution in [0.1, 0.15) is 13.8 Å². The van der Waals surface area contributed by atoms with E-state index in [0.717, 1.165) is 0 Å². The molecule has 2 N–H and O–H groups in total. The Hall–Kier alpha value is -1.65. The summed E-state index contributed by atoms with van der Waals surface area (Å²) in [5.41, 5.74) is 0. The topological polar surface area (TPSA) is 70.6 Å². The highest BCUT2D eigenvalue weighted by molar-refractivity contribution is 5.86. The second kappa shape index (κ2) is 11.4. The molecule has 0 fully saturated rings. The molecule has 5 heteroatoms. The van der Waals surface area contributed by atoms with Gasteiger partial charge in [-0.2, -0.15) is 0 Å². The van der Waals surface area contributed by atoms with Crippen LogP contribution in [-0.2, 0) is 4.79 Å². The number of nitrogens with zero attached hydrogens (tertiary/aromatic N) is 1. The standard InChI is InChI=1S/C5H10N2O.C4H7NO/c1-3-6-5(8)7-4-2;1-3-4(6)5-2/h3H,4H2,1-2H3,(H,7,8);3H,1H2,2H3,(H,5,6). The number of rotatable bonds is 2. The highest BCUT2D eigenvalue weighted by Crippen LogP contribution is 1.68. The van der Waals surface area contributed by atoms with Gasteiger partial charge in [0.05, 0.1) is 0 Å². The molecule has 5 nitrogen and oxygen atoms in total. The van der Waals surface area contributed by atoms with E-state index in [0.29, 0.717) is 6.54 Å². The van der Waals surface area contributed by atoms with Crippen molar-refractivity contribution in [1.29, 1.82) is 0 Å². The Labute approximate surface area is 84.3 Å². The quantitative estimate of drug-likeness (QED) is 0.508. The molecule has 0 atom stereocenters. The SMILES string of the molecule is C=CC(=O)NC.CC=NC(=O)NCC. The molecule has 0 unspecified atom stereocenters. The normalized spacial score (nSPS) is 8.50. The van der Waals surface area contributed by atoms with Crippen LogP contribution in [0.15, 0.2) is 17.6 Å². The Morgan fingerprint density at radius 2 is 2.07 bits per heavy atom. The molecule has 0 aromatic carbocycles. The van der Waals surface area contributed by atoms with Crippen molar-refractivity contribution in [2.45, 2.75) is 13.8 Å². The van der Waals surface area contributed by atoms with Crippen molar-refractivity contribution in [3.05, 3.63) is 12.7 Å². The zero-order valence-electron chi connectivity index (χ0n) is 8.83. The maximum absolute atomic E-state index is 10.3. The number of likely N-dealkylation sites (N-methyl/N-ethyl adjacent to an activating group) is 1. The first kappa shape index (κ1) is 14.9. The van der Waals surface area contributed by atoms with E-state index in [1.807, 2.05) is 6.92 Å². The summed E-state index contributed by atoms with van der Waals surface area (Å²) < 4.78 is 0. The van der Waals surface area contributed by atoms with Gasteiger partial charge in [-0.3, -0.25) is 4.79 Å². The second-order valence-corrected chi connectivity index (χ2v) is 2.04. The van der Waals surface area contributed by atoms with Gasteiger partial charge in [0.2, 0.25) is 5.91 Å². The highest BCUT2D eigenvalue weighted by atomic mass is 16.2. The Balaban J connectivity index is 0. The summed E-state index contributed by atoms with van der Waals surface area (Å²) in [5.74, 6) is -0.144. The third kappa shape index (κ3) is 13.0. The summed E-state index contributed by atoms with van der Waals surface area (Å²) in [6.07, 6.45) is 2.69. The van der Waals surface area contributed by atoms with Gasteiger partial charge in [0.1, 0.15) is 0 Å². The molecule has 0 spiro atoms. The summed E-state index contributed by atoms with van der Waals surface area (Å²) in [6, 6.07) is -0.269. The molecule has 0 aromatic rings. The van der Waals surface area contributed by atoms with Crippen LogP contribution in [0, 0.1) is 0 Å². The van der Waals surface area contributed by atoms with Gasteiger partial charge in [-0.1, -0.05) is 6.58 Å². The number of nitrogens with one attached hydrogen (secondary N) is 2. The lowest BCUT2D eigenvalue weighted by Gasteiger charge is -1.90. The number of hydrogen-bond acceptors (Lipinski definition) is 2. The van der Waals surface area contributed by atoms with Crippen LogP contribution in [0.4, 0.5) is 4.79 Å². The van der Waals surface area contributed by atoms with Gasteiger partial charge in [-0.25, -0.2) is 9.79 Å². The van der Waals surface area contributed by atoms with Crippen molar-refractivity contribution in [2.75, 3.05) is 13.6 Å². The average Bonchev–Trinajstić information content (AvgIpc) is 2.18. The largest absolute Gasteiger partial charge is 0.356 e. The number of carbonyl (C=O) groups is 2. The van der Waals surface area contributed by atoms with Crippen molar-refractivity contribution in [2.24, 2.45) is 4.99 Å². The minimum absolute atomic E-state index is 0.144. The minimum Gasteiger partial charge on any atom is -0.356 e. The number of carbonyl (C=O) groups excluding carboxylic acids is 2. The third-order valence-corrected chi connectivity index (χ3v) is 1.01. The fourth-order valence-corrected chi connectivity index (χ4v) is 0.416. The van der Waals surface area contributed by atoms with Crippen molar-refractivity contribution in [3.8, 4) is 0 Å². The number of hydrogen-bond donors (Lipinski definition) is 2. The molecule has 0 saturated carbocycles. The van der Waals surface area contributed by atoms with E-state index in [1.165, 1.54) is 12.3 Å². The molecule has 14 heavy (non-hydrogen) atoms. The van der Waals surface area contributed by atoms with Gasteiger partial charge >= 0.3 is 6.03 Å². The molecule has 0 aliphatic carbocycles. The second-order valence-electron chi connectivity index (χ2n) is 2.04. The zero-order valence-corrected chi connectivity index (χ0v) is 8.83. The van der Waals surface area contributed by atoms with Crippen LogP contribution in [-0.4, -0.2) is 31.7 Å². The summed E-state index contributed by atoms with van der Waals surface area (Å²) in [4.78, 5) is 23.7. The Bertz CT molecular complexity index is 212. The smallest absolute Gasteiger partial charge is 0.340 e. The molecular formula is C9H17N3O2. The van der Waals surface area contributed by atoms with Gasteiger partial charge in [-0.05, 0) is 19.9 Å². The summed E-state index contributed by atoms with van der Waals surface area (Å²) in [7, 11) is 1.56. The first-order valence-electron chi connectivity index (χ1n) is 4.22. The van der Waals surface area contributed by atoms with Crippen LogP contribution in [0.3, 0.4) is 0 Å². The van der Waals surface area contributed by atoms with E-state index < -0.39 is 0 Å². The summed E-state index contributed by atoms with van der Waals surface area (Å²) in [6.45, 7) is 7.41. The number of aliphatic imine (C=N–C) groups is 1. The van der Waals surface area contributed by atoms with Crippen molar-refractivity contribution < 1.29 is 9.59 Å². The molecule has 0 aliphatic heterocycles. The van der Waals surface area contributed by atoms with Gasteiger partial charge in [0.25, 0.3) is 0 Å². The molecule has 0 radical (unpaired) electrons. The van der Waals surface area contributed by atoms with Gasteiger partial charge in [0, 0.05) is 19.8 Å². The van der Waals surface area contributed by atoms with Crippen molar-refractivity contribution in [1.82, 2.24) is 10.6 Å². The van der Waals surface area contributed by atoms with E-state index in [-0.39, 0.29) is 11.9 Å². The van der Waals surface area contributed by atoms with Gasteiger partial charge in [0.15, 0.2) is 0 Å². The maximum Gasteiger partial charge on any atom is 0.340 e. The van der Waals surface area contributed by atoms with E-state index >= 15 is 0 Å². The monoisotopic (exact) mass is 199 g/mol. The lowest BCUT2D eigenvalue weighted by molar-refractivity contribution is -0.116. The molecule has 0 aromatic heterocycles. The molecular weight excluding hydrogens is 182 g/mol. The van der Waals surface area contributed by atoms with Crippen LogP contribution >= 0.6 is 0 Å². The van der Waals surface area contributed by atoms with E-state index in [1.54, 1.807) is 14.0 Å². The number of urea groups is 1. The predicted molar refractivity (Wildman–Crippen MR) is 57.5 cm³/mol. The first-order chi connectivity index (χ1) is 6.62. The Morgan fingerprint density at radius 3 is 2.29 bits per heavy atom. The minimum atomic E-state index is -0.269. The lowest BCUT2D eigenvalue weighted by atomic mass is 10.6. The molecule has 3 amide bonds. The van der Waals surface area contributed by atoms with E-state index in [2.05, 4.69) is 22.2 Å². The highest BCUT2D eigenvalue weighted by Gasteiger charge is 1.87. The molecule has 80 valence electrons. The average molecular weight is 199 g/mol. The lowest BCUT2D eigenvalue weighted by Crippen LogP contribution is -2.18. The number of amides is 3. The fraction of sp³-hybridized carbons (Fsp3) is 0.444. The Morgan fingerprint density at radius 1 is 1.50 bits per heavy atom. The van der Waals surface area contributed by atoms with Crippen LogP contribution in [0.25, 0.3) is 0 Å². The molecule has 0 saturated heterocycles. The Kier molecular flexibility index (Phi) is 12.0. The molecule has 0 aliphatic rings. The van der Waals surface area contributed by atoms with E-state index in [9.17, 15) is 9.59 Å². The van der Waals surface area contributed by atoms with E-state index in [4.69, 9.17) is 0 Å². The van der Waals surface area contributed by atoms with Crippen LogP contribution < -0.4 is 10.6 Å². The fourth-order valence-electron chi connectivity index (χ4n) is 0.416. The summed E-state index contributed by atoms with van der Waals surface area (Å²) >= 11 is 0. The van der Waals surface area contributed by atoms with Crippen molar-refractivity contribution >= 4 is 18.2 Å². The first-order valence-corrected chi connectivity index (χ1v) is 4.22. The van der Waals surface area contributed by atoms with Gasteiger partial charge < -0.3 is 10.6 Å². The summed E-state index contributed by atoms with van der Waals surface area (Å²) in [5, 5.41) is 4.87. The van der Waals surface area contributed by atoms with Gasteiger partial charge in [-0.15, -0.1) is 0 Å². The molecule has 0 rings (SSSR count). The zero-order chi connectivity index (χ0) is 11.4. The van der Waals surface area contributed by atoms with Crippen LogP contribution in [0.2, 0.25) is 0 Å². The van der Waals surface area contributed by atoms with Crippen LogP contribution in [0.5, 0.6) is 0 Å².